The lowest BCUT2D eigenvalue weighted by Gasteiger charge is -2.40. The van der Waals surface area contributed by atoms with Crippen LogP contribution < -0.4 is 9.64 Å². The minimum absolute atomic E-state index is 0.116. The van der Waals surface area contributed by atoms with Crippen LogP contribution in [-0.2, 0) is 4.79 Å². The number of amides is 1. The molecule has 0 N–H and O–H groups in total. The van der Waals surface area contributed by atoms with Gasteiger partial charge in [0, 0.05) is 44.2 Å². The van der Waals surface area contributed by atoms with Gasteiger partial charge in [-0.15, -0.1) is 0 Å². The first-order chi connectivity index (χ1) is 13.6. The van der Waals surface area contributed by atoms with Crippen molar-refractivity contribution < 1.29 is 13.9 Å². The maximum Gasteiger partial charge on any atom is 0.224 e. The minimum atomic E-state index is -0.361. The lowest BCUT2D eigenvalue weighted by atomic mass is 10.1. The van der Waals surface area contributed by atoms with Gasteiger partial charge in [-0.05, 0) is 25.5 Å². The van der Waals surface area contributed by atoms with Gasteiger partial charge < -0.3 is 14.5 Å². The number of anilines is 1. The van der Waals surface area contributed by atoms with Crippen molar-refractivity contribution in [3.63, 3.8) is 0 Å². The van der Waals surface area contributed by atoms with Crippen molar-refractivity contribution in [2.45, 2.75) is 45.6 Å². The molecule has 2 aromatic rings. The normalized spacial score (nSPS) is 16.9. The maximum atomic E-state index is 13.3. The fraction of sp³-hybridized carbons (Fsp3) is 0.476. The molecular weight excluding hydrogens is 359 g/mol. The van der Waals surface area contributed by atoms with E-state index in [9.17, 15) is 9.18 Å². The van der Waals surface area contributed by atoms with Gasteiger partial charge in [0.05, 0.1) is 0 Å². The minimum Gasteiger partial charge on any atom is -0.439 e. The van der Waals surface area contributed by atoms with E-state index in [1.54, 1.807) is 18.2 Å². The molecule has 3 rings (SSSR count). The highest BCUT2D eigenvalue weighted by Crippen LogP contribution is 2.24. The Hall–Kier alpha value is -2.70. The molecule has 2 heterocycles. The number of ether oxygens (including phenoxy) is 1. The van der Waals surface area contributed by atoms with Crippen LogP contribution in [0.2, 0.25) is 0 Å². The van der Waals surface area contributed by atoms with Crippen molar-refractivity contribution >= 4 is 11.7 Å². The Morgan fingerprint density at radius 3 is 2.86 bits per heavy atom. The molecule has 1 aromatic heterocycles. The predicted octanol–water partition coefficient (Wildman–Crippen LogP) is 4.03. The Kier molecular flexibility index (Phi) is 6.79. The number of rotatable bonds is 7. The van der Waals surface area contributed by atoms with E-state index in [0.29, 0.717) is 37.7 Å². The van der Waals surface area contributed by atoms with E-state index in [-0.39, 0.29) is 17.8 Å². The Morgan fingerprint density at radius 1 is 1.25 bits per heavy atom. The van der Waals surface area contributed by atoms with Crippen LogP contribution in [0.25, 0.3) is 0 Å². The van der Waals surface area contributed by atoms with Crippen molar-refractivity contribution in [2.24, 2.45) is 0 Å². The third kappa shape index (κ3) is 5.18. The zero-order valence-corrected chi connectivity index (χ0v) is 16.5. The molecule has 6 nitrogen and oxygen atoms in total. The Bertz CT molecular complexity index is 801. The smallest absolute Gasteiger partial charge is 0.224 e. The van der Waals surface area contributed by atoms with Gasteiger partial charge in [0.15, 0.2) is 0 Å². The van der Waals surface area contributed by atoms with Crippen molar-refractivity contribution in [1.82, 2.24) is 14.9 Å². The van der Waals surface area contributed by atoms with Gasteiger partial charge in [0.2, 0.25) is 11.8 Å². The van der Waals surface area contributed by atoms with Crippen LogP contribution in [0.15, 0.2) is 36.7 Å². The number of unbranched alkanes of at least 4 members (excludes halogenated alkanes) is 2. The molecule has 1 amide bonds. The summed E-state index contributed by atoms with van der Waals surface area (Å²) in [5, 5.41) is 0. The van der Waals surface area contributed by atoms with E-state index in [1.165, 1.54) is 18.5 Å². The number of hydrogen-bond acceptors (Lipinski definition) is 5. The van der Waals surface area contributed by atoms with Gasteiger partial charge in [-0.3, -0.25) is 4.79 Å². The number of aromatic nitrogens is 2. The summed E-state index contributed by atoms with van der Waals surface area (Å²) in [4.78, 5) is 25.0. The summed E-state index contributed by atoms with van der Waals surface area (Å²) in [6, 6.07) is 7.80. The quantitative estimate of drug-likeness (QED) is 0.673. The first kappa shape index (κ1) is 20.0. The molecule has 1 aliphatic rings. The highest BCUT2D eigenvalue weighted by molar-refractivity contribution is 5.76. The number of hydrogen-bond donors (Lipinski definition) is 0. The van der Waals surface area contributed by atoms with Gasteiger partial charge in [-0.2, -0.15) is 0 Å². The molecule has 1 aromatic carbocycles. The first-order valence-electron chi connectivity index (χ1n) is 9.86. The van der Waals surface area contributed by atoms with Gasteiger partial charge in [0.25, 0.3) is 0 Å². The summed E-state index contributed by atoms with van der Waals surface area (Å²) in [6.45, 7) is 6.29. The van der Waals surface area contributed by atoms with Crippen molar-refractivity contribution in [3.05, 3.63) is 42.5 Å². The molecule has 1 saturated heterocycles. The molecule has 0 spiro atoms. The SMILES string of the molecule is CCCCCC(=O)N1CCN(c2cc(Oc3cccc(F)c3)ncn2)CC1C. The van der Waals surface area contributed by atoms with Crippen molar-refractivity contribution in [1.29, 1.82) is 0 Å². The van der Waals surface area contributed by atoms with Gasteiger partial charge in [-0.1, -0.05) is 25.8 Å². The third-order valence-corrected chi connectivity index (χ3v) is 4.91. The number of piperazine rings is 1. The highest BCUT2D eigenvalue weighted by atomic mass is 19.1. The second kappa shape index (κ2) is 9.48. The molecule has 28 heavy (non-hydrogen) atoms. The summed E-state index contributed by atoms with van der Waals surface area (Å²) in [6.07, 6.45) is 5.22. The van der Waals surface area contributed by atoms with Gasteiger partial charge in [0.1, 0.15) is 23.7 Å². The van der Waals surface area contributed by atoms with E-state index < -0.39 is 0 Å². The standard InChI is InChI=1S/C21H27FN4O2/c1-3-4-5-9-21(27)26-11-10-25(14-16(26)2)19-13-20(24-15-23-19)28-18-8-6-7-17(22)12-18/h6-8,12-13,15-16H,3-5,9-11,14H2,1-2H3. The highest BCUT2D eigenvalue weighted by Gasteiger charge is 2.27. The Balaban J connectivity index is 1.61. The fourth-order valence-corrected chi connectivity index (χ4v) is 3.42. The number of nitrogens with zero attached hydrogens (tertiary/aromatic N) is 4. The second-order valence-corrected chi connectivity index (χ2v) is 7.11. The molecule has 7 heteroatoms. The number of benzene rings is 1. The van der Waals surface area contributed by atoms with Crippen LogP contribution >= 0.6 is 0 Å². The Morgan fingerprint density at radius 2 is 2.11 bits per heavy atom. The first-order valence-corrected chi connectivity index (χ1v) is 9.86. The lowest BCUT2D eigenvalue weighted by Crippen LogP contribution is -2.54. The molecule has 1 fully saturated rings. The van der Waals surface area contributed by atoms with Crippen LogP contribution in [0, 0.1) is 5.82 Å². The summed E-state index contributed by atoms with van der Waals surface area (Å²) in [7, 11) is 0. The number of carbonyl (C=O) groups is 1. The Labute approximate surface area is 165 Å². The molecule has 1 unspecified atom stereocenters. The number of halogens is 1. The summed E-state index contributed by atoms with van der Waals surface area (Å²) in [5.74, 6) is 1.37. The monoisotopic (exact) mass is 386 g/mol. The average molecular weight is 386 g/mol. The van der Waals surface area contributed by atoms with Crippen LogP contribution in [0.4, 0.5) is 10.2 Å². The molecule has 0 saturated carbocycles. The van der Waals surface area contributed by atoms with Crippen LogP contribution in [0.1, 0.15) is 39.5 Å². The fourth-order valence-electron chi connectivity index (χ4n) is 3.42. The van der Waals surface area contributed by atoms with E-state index in [2.05, 4.69) is 28.7 Å². The average Bonchev–Trinajstić information content (AvgIpc) is 2.68. The third-order valence-electron chi connectivity index (χ3n) is 4.91. The summed E-state index contributed by atoms with van der Waals surface area (Å²) >= 11 is 0. The van der Waals surface area contributed by atoms with E-state index >= 15 is 0 Å². The molecule has 0 aliphatic carbocycles. The number of carbonyl (C=O) groups excluding carboxylic acids is 1. The molecule has 0 radical (unpaired) electrons. The zero-order valence-electron chi connectivity index (χ0n) is 16.5. The second-order valence-electron chi connectivity index (χ2n) is 7.11. The topological polar surface area (TPSA) is 58.6 Å². The van der Waals surface area contributed by atoms with Crippen molar-refractivity contribution in [2.75, 3.05) is 24.5 Å². The predicted molar refractivity (Wildman–Crippen MR) is 106 cm³/mol. The lowest BCUT2D eigenvalue weighted by molar-refractivity contribution is -0.133. The van der Waals surface area contributed by atoms with E-state index in [0.717, 1.165) is 25.1 Å². The van der Waals surface area contributed by atoms with Crippen LogP contribution in [0.3, 0.4) is 0 Å². The summed E-state index contributed by atoms with van der Waals surface area (Å²) < 4.78 is 19.0. The maximum absolute atomic E-state index is 13.3. The zero-order chi connectivity index (χ0) is 19.9. The molecule has 150 valence electrons. The molecule has 1 atom stereocenters. The van der Waals surface area contributed by atoms with Gasteiger partial charge >= 0.3 is 0 Å². The molecule has 1 aliphatic heterocycles. The van der Waals surface area contributed by atoms with Gasteiger partial charge in [-0.25, -0.2) is 14.4 Å². The van der Waals surface area contributed by atoms with Crippen molar-refractivity contribution in [3.8, 4) is 11.6 Å². The molecule has 0 bridgehead atoms. The van der Waals surface area contributed by atoms with Crippen LogP contribution in [-0.4, -0.2) is 46.5 Å². The largest absolute Gasteiger partial charge is 0.439 e. The molecular formula is C21H27FN4O2. The summed E-state index contributed by atoms with van der Waals surface area (Å²) in [5.41, 5.74) is 0. The van der Waals surface area contributed by atoms with Crippen LogP contribution in [0.5, 0.6) is 11.6 Å². The van der Waals surface area contributed by atoms with E-state index in [4.69, 9.17) is 4.74 Å². The van der Waals surface area contributed by atoms with E-state index in [1.807, 2.05) is 4.90 Å².